The monoisotopic (exact) mass is 477 g/mol. The van der Waals surface area contributed by atoms with Crippen molar-refractivity contribution in [3.05, 3.63) is 67.4 Å². The molecule has 0 saturated carbocycles. The Morgan fingerprint density at radius 1 is 1.17 bits per heavy atom. The third kappa shape index (κ3) is 5.48. The van der Waals surface area contributed by atoms with Crippen LogP contribution in [0.3, 0.4) is 0 Å². The number of nitrogens with one attached hydrogen (secondary N) is 1. The van der Waals surface area contributed by atoms with Gasteiger partial charge in [0, 0.05) is 17.5 Å². The summed E-state index contributed by atoms with van der Waals surface area (Å²) < 4.78 is 3.48. The first kappa shape index (κ1) is 21.6. The predicted octanol–water partition coefficient (Wildman–Crippen LogP) is 3.63. The quantitative estimate of drug-likeness (QED) is 0.547. The van der Waals surface area contributed by atoms with Gasteiger partial charge in [0.25, 0.3) is 5.56 Å². The molecule has 0 unspecified atom stereocenters. The average molecular weight is 478 g/mol. The molecule has 0 saturated heterocycles. The molecule has 0 aliphatic carbocycles. The zero-order valence-corrected chi connectivity index (χ0v) is 19.3. The van der Waals surface area contributed by atoms with E-state index in [0.29, 0.717) is 10.3 Å². The fourth-order valence-electron chi connectivity index (χ4n) is 2.77. The van der Waals surface area contributed by atoms with Gasteiger partial charge < -0.3 is 0 Å². The number of halogens is 1. The molecule has 0 atom stereocenters. The second-order valence-electron chi connectivity index (χ2n) is 7.98. The number of benzene rings is 1. The summed E-state index contributed by atoms with van der Waals surface area (Å²) in [6, 6.07) is 8.04. The maximum atomic E-state index is 12.2. The van der Waals surface area contributed by atoms with Crippen LogP contribution in [0.5, 0.6) is 0 Å². The van der Waals surface area contributed by atoms with Gasteiger partial charge in [-0.25, -0.2) is 14.5 Å². The molecule has 2 aromatic heterocycles. The van der Waals surface area contributed by atoms with Crippen molar-refractivity contribution in [3.8, 4) is 5.69 Å². The van der Waals surface area contributed by atoms with Gasteiger partial charge in [-0.1, -0.05) is 20.8 Å². The van der Waals surface area contributed by atoms with E-state index in [2.05, 4.69) is 41.7 Å². The van der Waals surface area contributed by atoms with E-state index in [0.717, 1.165) is 29.2 Å². The van der Waals surface area contributed by atoms with Crippen LogP contribution in [0.25, 0.3) is 5.69 Å². The van der Waals surface area contributed by atoms with Gasteiger partial charge >= 0.3 is 5.69 Å². The third-order valence-electron chi connectivity index (χ3n) is 4.41. The Kier molecular flexibility index (Phi) is 6.48. The van der Waals surface area contributed by atoms with E-state index in [-0.39, 0.29) is 12.0 Å². The van der Waals surface area contributed by atoms with E-state index in [9.17, 15) is 9.59 Å². The molecule has 1 N–H and O–H groups in total. The van der Waals surface area contributed by atoms with Gasteiger partial charge in [0.2, 0.25) is 0 Å². The Hall–Kier alpha value is -2.13. The van der Waals surface area contributed by atoms with E-state index in [1.54, 1.807) is 16.4 Å². The lowest BCUT2D eigenvalue weighted by atomic mass is 9.90. The molecular weight excluding hydrogens is 454 g/mol. The molecule has 29 heavy (non-hydrogen) atoms. The second kappa shape index (κ2) is 8.71. The van der Waals surface area contributed by atoms with Crippen LogP contribution in [0.4, 0.5) is 0 Å². The summed E-state index contributed by atoms with van der Waals surface area (Å²) in [4.78, 5) is 32.0. The van der Waals surface area contributed by atoms with Crippen LogP contribution >= 0.6 is 27.7 Å². The van der Waals surface area contributed by atoms with Crippen molar-refractivity contribution in [1.29, 1.82) is 0 Å². The number of H-pyrrole nitrogens is 1. The Morgan fingerprint density at radius 2 is 1.86 bits per heavy atom. The van der Waals surface area contributed by atoms with Gasteiger partial charge in [0.05, 0.1) is 16.7 Å². The van der Waals surface area contributed by atoms with Crippen LogP contribution in [0.2, 0.25) is 0 Å². The molecule has 154 valence electrons. The van der Waals surface area contributed by atoms with Crippen molar-refractivity contribution in [2.24, 2.45) is 5.41 Å². The number of hydrogen-bond acceptors (Lipinski definition) is 5. The van der Waals surface area contributed by atoms with Crippen molar-refractivity contribution in [1.82, 2.24) is 24.3 Å². The molecule has 3 aromatic rings. The molecule has 0 aliphatic rings. The lowest BCUT2D eigenvalue weighted by molar-refractivity contribution is 0.374. The molecule has 2 heterocycles. The maximum absolute atomic E-state index is 12.2. The van der Waals surface area contributed by atoms with E-state index < -0.39 is 11.2 Å². The summed E-state index contributed by atoms with van der Waals surface area (Å²) in [6.45, 7) is 6.75. The smallest absolute Gasteiger partial charge is 0.292 e. The first-order valence-corrected chi connectivity index (χ1v) is 11.3. The molecule has 0 bridgehead atoms. The zero-order chi connectivity index (χ0) is 21.2. The highest BCUT2D eigenvalue weighted by atomic mass is 79.9. The fraction of sp³-hybridized carbons (Fsp3) is 0.400. The van der Waals surface area contributed by atoms with Gasteiger partial charge in [0.1, 0.15) is 0 Å². The lowest BCUT2D eigenvalue weighted by Gasteiger charge is -2.16. The van der Waals surface area contributed by atoms with Gasteiger partial charge in [0.15, 0.2) is 11.6 Å². The average Bonchev–Trinajstić information content (AvgIpc) is 3.07. The van der Waals surface area contributed by atoms with Crippen LogP contribution in [0.1, 0.15) is 38.8 Å². The number of aromatic amines is 1. The number of aromatic nitrogens is 5. The number of nitrogens with zero attached hydrogens (tertiary/aromatic N) is 4. The molecule has 0 aliphatic heterocycles. The predicted molar refractivity (Wildman–Crippen MR) is 119 cm³/mol. The summed E-state index contributed by atoms with van der Waals surface area (Å²) in [5.74, 6) is 1.37. The molecule has 1 aromatic carbocycles. The highest BCUT2D eigenvalue weighted by Gasteiger charge is 2.17. The first-order valence-electron chi connectivity index (χ1n) is 9.25. The summed E-state index contributed by atoms with van der Waals surface area (Å²) in [5.41, 5.74) is 0.114. The first-order chi connectivity index (χ1) is 13.7. The van der Waals surface area contributed by atoms with Crippen molar-refractivity contribution in [2.75, 3.05) is 6.26 Å². The van der Waals surface area contributed by atoms with Crippen LogP contribution in [0.15, 0.2) is 49.4 Å². The maximum Gasteiger partial charge on any atom is 0.328 e. The van der Waals surface area contributed by atoms with Gasteiger partial charge in [-0.2, -0.15) is 5.10 Å². The van der Waals surface area contributed by atoms with Crippen molar-refractivity contribution >= 4 is 27.7 Å². The Morgan fingerprint density at radius 3 is 2.48 bits per heavy atom. The zero-order valence-electron chi connectivity index (χ0n) is 16.9. The van der Waals surface area contributed by atoms with E-state index >= 15 is 0 Å². The van der Waals surface area contributed by atoms with Crippen LogP contribution < -0.4 is 11.2 Å². The van der Waals surface area contributed by atoms with Crippen molar-refractivity contribution in [2.45, 2.75) is 45.1 Å². The minimum Gasteiger partial charge on any atom is -0.292 e. The lowest BCUT2D eigenvalue weighted by Crippen LogP contribution is -2.30. The van der Waals surface area contributed by atoms with Crippen LogP contribution in [-0.4, -0.2) is 30.6 Å². The standard InChI is InChI=1S/C20H24BrN5O2S/c1-20(2,3)10-9-16-22-17(12-25-11-15(21)18(27)23-19(25)28)26(24-16)13-5-7-14(29-4)8-6-13/h5-8,11H,9-10,12H2,1-4H3,(H,23,27,28). The highest BCUT2D eigenvalue weighted by Crippen LogP contribution is 2.22. The number of thioether (sulfide) groups is 1. The largest absolute Gasteiger partial charge is 0.328 e. The molecule has 0 amide bonds. The molecule has 9 heteroatoms. The molecule has 3 rings (SSSR count). The van der Waals surface area contributed by atoms with E-state index in [4.69, 9.17) is 10.1 Å². The van der Waals surface area contributed by atoms with Crippen LogP contribution in [0, 0.1) is 5.41 Å². The van der Waals surface area contributed by atoms with Gasteiger partial charge in [-0.15, -0.1) is 11.8 Å². The van der Waals surface area contributed by atoms with Gasteiger partial charge in [-0.3, -0.25) is 14.3 Å². The van der Waals surface area contributed by atoms with Crippen molar-refractivity contribution < 1.29 is 0 Å². The topological polar surface area (TPSA) is 85.6 Å². The molecule has 7 nitrogen and oxygen atoms in total. The fourth-order valence-corrected chi connectivity index (χ4v) is 3.52. The van der Waals surface area contributed by atoms with E-state index in [1.807, 2.05) is 30.5 Å². The summed E-state index contributed by atoms with van der Waals surface area (Å²) in [5, 5.41) is 4.70. The Balaban J connectivity index is 2.01. The Bertz CT molecular complexity index is 1110. The highest BCUT2D eigenvalue weighted by molar-refractivity contribution is 9.10. The number of rotatable bonds is 6. The SMILES string of the molecule is CSc1ccc(-n2nc(CCC(C)(C)C)nc2Cn2cc(Br)c(=O)[nH]c2=O)cc1. The van der Waals surface area contributed by atoms with Crippen molar-refractivity contribution in [3.63, 3.8) is 0 Å². The van der Waals surface area contributed by atoms with Gasteiger partial charge in [-0.05, 0) is 58.3 Å². The minimum atomic E-state index is -0.485. The molecular formula is C20H24BrN5O2S. The van der Waals surface area contributed by atoms with Crippen LogP contribution in [-0.2, 0) is 13.0 Å². The molecule has 0 spiro atoms. The molecule has 0 fully saturated rings. The third-order valence-corrected chi connectivity index (χ3v) is 5.72. The Labute approximate surface area is 181 Å². The number of hydrogen-bond donors (Lipinski definition) is 1. The molecule has 0 radical (unpaired) electrons. The summed E-state index contributed by atoms with van der Waals surface area (Å²) in [7, 11) is 0. The minimum absolute atomic E-state index is 0.173. The summed E-state index contributed by atoms with van der Waals surface area (Å²) >= 11 is 4.85. The number of aryl methyl sites for hydroxylation is 1. The second-order valence-corrected chi connectivity index (χ2v) is 9.71. The normalized spacial score (nSPS) is 11.8. The summed E-state index contributed by atoms with van der Waals surface area (Å²) in [6.07, 6.45) is 5.20. The van der Waals surface area contributed by atoms with E-state index in [1.165, 1.54) is 10.8 Å².